The van der Waals surface area contributed by atoms with Gasteiger partial charge in [-0.3, -0.25) is 14.9 Å². The van der Waals surface area contributed by atoms with Crippen LogP contribution in [-0.4, -0.2) is 20.6 Å². The van der Waals surface area contributed by atoms with Gasteiger partial charge >= 0.3 is 0 Å². The van der Waals surface area contributed by atoms with Crippen LogP contribution in [0.5, 0.6) is 0 Å². The number of aryl methyl sites for hydroxylation is 3. The Hall–Kier alpha value is -3.48. The third-order valence-electron chi connectivity index (χ3n) is 5.18. The van der Waals surface area contributed by atoms with Crippen molar-refractivity contribution in [3.63, 3.8) is 0 Å². The van der Waals surface area contributed by atoms with E-state index >= 15 is 0 Å². The second-order valence-corrected chi connectivity index (χ2v) is 7.39. The molecular formula is C22H22N4O3. The fourth-order valence-electron chi connectivity index (χ4n) is 3.77. The number of nitrogens with zero attached hydrogens (tertiary/aromatic N) is 3. The van der Waals surface area contributed by atoms with Crippen LogP contribution in [0.4, 0.5) is 11.5 Å². The van der Waals surface area contributed by atoms with Crippen LogP contribution in [0.2, 0.25) is 0 Å². The van der Waals surface area contributed by atoms with Crippen molar-refractivity contribution in [3.05, 3.63) is 81.0 Å². The SMILES string of the molecule is Cc1cc(NC(=O)Cc2ccc3c(c2)CCCC3)n(-c2ccc([N+](=O)[O-])cc2)n1. The quantitative estimate of drug-likeness (QED) is 0.523. The molecule has 4 rings (SSSR count). The number of carbonyl (C=O) groups excluding carboxylic acids is 1. The van der Waals surface area contributed by atoms with Gasteiger partial charge in [-0.05, 0) is 61.4 Å². The Balaban J connectivity index is 1.51. The van der Waals surface area contributed by atoms with Crippen LogP contribution in [0.1, 0.15) is 35.2 Å². The van der Waals surface area contributed by atoms with E-state index in [4.69, 9.17) is 0 Å². The normalized spacial score (nSPS) is 13.0. The Labute approximate surface area is 168 Å². The van der Waals surface area contributed by atoms with Crippen LogP contribution in [-0.2, 0) is 24.1 Å². The average molecular weight is 390 g/mol. The number of hydrogen-bond acceptors (Lipinski definition) is 4. The Bertz CT molecular complexity index is 1070. The monoisotopic (exact) mass is 390 g/mol. The number of carbonyl (C=O) groups is 1. The van der Waals surface area contributed by atoms with E-state index in [1.165, 1.54) is 36.1 Å². The fourth-order valence-corrected chi connectivity index (χ4v) is 3.77. The van der Waals surface area contributed by atoms with Crippen molar-refractivity contribution in [2.45, 2.75) is 39.0 Å². The van der Waals surface area contributed by atoms with E-state index in [9.17, 15) is 14.9 Å². The second kappa shape index (κ2) is 7.87. The number of hydrogen-bond donors (Lipinski definition) is 1. The maximum Gasteiger partial charge on any atom is 0.269 e. The molecule has 0 atom stereocenters. The number of amides is 1. The van der Waals surface area contributed by atoms with Crippen LogP contribution in [0.15, 0.2) is 48.5 Å². The zero-order chi connectivity index (χ0) is 20.4. The van der Waals surface area contributed by atoms with Gasteiger partial charge < -0.3 is 5.32 Å². The van der Waals surface area contributed by atoms with Crippen LogP contribution in [0.25, 0.3) is 5.69 Å². The standard InChI is InChI=1S/C22H22N4O3/c1-15-12-21(25(24-15)19-8-10-20(11-9-19)26(28)29)23-22(27)14-16-6-7-17-4-2-3-5-18(17)13-16/h6-13H,2-5,14H2,1H3,(H,23,27). The lowest BCUT2D eigenvalue weighted by atomic mass is 9.90. The summed E-state index contributed by atoms with van der Waals surface area (Å²) in [7, 11) is 0. The van der Waals surface area contributed by atoms with Crippen LogP contribution in [0.3, 0.4) is 0 Å². The molecule has 1 aliphatic rings. The summed E-state index contributed by atoms with van der Waals surface area (Å²) in [6.45, 7) is 1.83. The second-order valence-electron chi connectivity index (χ2n) is 7.39. The molecule has 0 spiro atoms. The highest BCUT2D eigenvalue weighted by Crippen LogP contribution is 2.23. The number of anilines is 1. The van der Waals surface area contributed by atoms with Crippen molar-refractivity contribution in [1.29, 1.82) is 0 Å². The maximum absolute atomic E-state index is 12.6. The first-order valence-electron chi connectivity index (χ1n) is 9.71. The molecule has 0 saturated carbocycles. The van der Waals surface area contributed by atoms with E-state index in [0.29, 0.717) is 11.5 Å². The molecule has 0 saturated heterocycles. The highest BCUT2D eigenvalue weighted by Gasteiger charge is 2.14. The number of nitro groups is 1. The molecule has 7 heteroatoms. The Morgan fingerprint density at radius 2 is 1.83 bits per heavy atom. The first-order chi connectivity index (χ1) is 14.0. The summed E-state index contributed by atoms with van der Waals surface area (Å²) in [6.07, 6.45) is 4.93. The topological polar surface area (TPSA) is 90.1 Å². The molecule has 0 aliphatic heterocycles. The molecule has 0 unspecified atom stereocenters. The van der Waals surface area contributed by atoms with Gasteiger partial charge in [-0.15, -0.1) is 0 Å². The third kappa shape index (κ3) is 4.18. The molecular weight excluding hydrogens is 368 g/mol. The van der Waals surface area contributed by atoms with Gasteiger partial charge in [-0.2, -0.15) is 5.10 Å². The molecule has 1 N–H and O–H groups in total. The van der Waals surface area contributed by atoms with Gasteiger partial charge in [0.15, 0.2) is 0 Å². The molecule has 3 aromatic rings. The van der Waals surface area contributed by atoms with E-state index in [0.717, 1.165) is 24.1 Å². The highest BCUT2D eigenvalue weighted by molar-refractivity contribution is 5.91. The predicted octanol–water partition coefficient (Wildman–Crippen LogP) is 4.15. The van der Waals surface area contributed by atoms with E-state index in [-0.39, 0.29) is 18.0 Å². The zero-order valence-corrected chi connectivity index (χ0v) is 16.2. The summed E-state index contributed by atoms with van der Waals surface area (Å²) < 4.78 is 1.59. The molecule has 1 aliphatic carbocycles. The van der Waals surface area contributed by atoms with Gasteiger partial charge in [-0.25, -0.2) is 4.68 Å². The van der Waals surface area contributed by atoms with E-state index in [2.05, 4.69) is 22.5 Å². The summed E-state index contributed by atoms with van der Waals surface area (Å²) in [5, 5.41) is 18.2. The Morgan fingerprint density at radius 1 is 1.10 bits per heavy atom. The Kier molecular flexibility index (Phi) is 5.12. The minimum atomic E-state index is -0.445. The number of non-ortho nitro benzene ring substituents is 1. The van der Waals surface area contributed by atoms with Crippen molar-refractivity contribution in [2.24, 2.45) is 0 Å². The van der Waals surface area contributed by atoms with Crippen molar-refractivity contribution >= 4 is 17.4 Å². The molecule has 1 heterocycles. The number of nitro benzene ring substituents is 1. The fraction of sp³-hybridized carbons (Fsp3) is 0.273. The van der Waals surface area contributed by atoms with E-state index in [1.807, 2.05) is 13.0 Å². The van der Waals surface area contributed by atoms with Gasteiger partial charge in [0.05, 0.1) is 22.7 Å². The largest absolute Gasteiger partial charge is 0.310 e. The molecule has 0 bridgehead atoms. The molecule has 1 amide bonds. The van der Waals surface area contributed by atoms with E-state index < -0.39 is 4.92 Å². The van der Waals surface area contributed by atoms with E-state index in [1.54, 1.807) is 22.9 Å². The van der Waals surface area contributed by atoms with Gasteiger partial charge in [0, 0.05) is 18.2 Å². The number of aromatic nitrogens is 2. The number of fused-ring (bicyclic) bond motifs is 1. The van der Waals surface area contributed by atoms with Gasteiger partial charge in [0.1, 0.15) is 5.82 Å². The summed E-state index contributed by atoms with van der Waals surface area (Å²) in [4.78, 5) is 23.1. The minimum absolute atomic E-state index is 0.00984. The van der Waals surface area contributed by atoms with Gasteiger partial charge in [-0.1, -0.05) is 18.2 Å². The lowest BCUT2D eigenvalue weighted by molar-refractivity contribution is -0.384. The molecule has 1 aromatic heterocycles. The molecule has 148 valence electrons. The summed E-state index contributed by atoms with van der Waals surface area (Å²) >= 11 is 0. The molecule has 0 fully saturated rings. The minimum Gasteiger partial charge on any atom is -0.310 e. The smallest absolute Gasteiger partial charge is 0.269 e. The number of rotatable bonds is 5. The zero-order valence-electron chi connectivity index (χ0n) is 16.2. The number of benzene rings is 2. The van der Waals surface area contributed by atoms with Crippen molar-refractivity contribution in [2.75, 3.05) is 5.32 Å². The maximum atomic E-state index is 12.6. The summed E-state index contributed by atoms with van der Waals surface area (Å²) in [5.41, 5.74) is 5.15. The van der Waals surface area contributed by atoms with Crippen LogP contribution in [0, 0.1) is 17.0 Å². The van der Waals surface area contributed by atoms with Crippen molar-refractivity contribution in [1.82, 2.24) is 9.78 Å². The first-order valence-corrected chi connectivity index (χ1v) is 9.71. The summed E-state index contributed by atoms with van der Waals surface area (Å²) in [5.74, 6) is 0.420. The first kappa shape index (κ1) is 18.9. The molecule has 2 aromatic carbocycles. The molecule has 0 radical (unpaired) electrons. The average Bonchev–Trinajstić information content (AvgIpc) is 3.07. The number of nitrogens with one attached hydrogen (secondary N) is 1. The lowest BCUT2D eigenvalue weighted by Crippen LogP contribution is -2.17. The van der Waals surface area contributed by atoms with Crippen LogP contribution >= 0.6 is 0 Å². The van der Waals surface area contributed by atoms with Gasteiger partial charge in [0.2, 0.25) is 5.91 Å². The van der Waals surface area contributed by atoms with Gasteiger partial charge in [0.25, 0.3) is 5.69 Å². The summed E-state index contributed by atoms with van der Waals surface area (Å²) in [6, 6.07) is 14.2. The Morgan fingerprint density at radius 3 is 2.55 bits per heavy atom. The van der Waals surface area contributed by atoms with Crippen molar-refractivity contribution < 1.29 is 9.72 Å². The van der Waals surface area contributed by atoms with Crippen LogP contribution < -0.4 is 5.32 Å². The highest BCUT2D eigenvalue weighted by atomic mass is 16.6. The predicted molar refractivity (Wildman–Crippen MR) is 110 cm³/mol. The molecule has 29 heavy (non-hydrogen) atoms. The van der Waals surface area contributed by atoms with Crippen molar-refractivity contribution in [3.8, 4) is 5.69 Å². The molecule has 7 nitrogen and oxygen atoms in total. The third-order valence-corrected chi connectivity index (χ3v) is 5.18. The lowest BCUT2D eigenvalue weighted by Gasteiger charge is -2.16.